The molecule has 2 aromatic carbocycles. The second-order valence-electron chi connectivity index (χ2n) is 7.11. The van der Waals surface area contributed by atoms with Crippen LogP contribution in [0.4, 0.5) is 5.69 Å². The van der Waals surface area contributed by atoms with Crippen LogP contribution in [0.3, 0.4) is 0 Å². The van der Waals surface area contributed by atoms with E-state index in [2.05, 4.69) is 10.6 Å². The van der Waals surface area contributed by atoms with Gasteiger partial charge in [0.2, 0.25) is 11.8 Å². The maximum atomic E-state index is 12.4. The number of nitrogens with one attached hydrogen (secondary N) is 2. The molecular formula is C22H26ClN3O4. The number of fused-ring (bicyclic) bond motifs is 1. The number of carbonyl (C=O) groups excluding carboxylic acids is 2. The predicted molar refractivity (Wildman–Crippen MR) is 116 cm³/mol. The van der Waals surface area contributed by atoms with Gasteiger partial charge in [0.05, 0.1) is 19.6 Å². The van der Waals surface area contributed by atoms with Crippen LogP contribution >= 0.6 is 11.6 Å². The van der Waals surface area contributed by atoms with Gasteiger partial charge in [0.25, 0.3) is 0 Å². The molecule has 0 saturated carbocycles. The van der Waals surface area contributed by atoms with Crippen molar-refractivity contribution in [2.24, 2.45) is 0 Å². The summed E-state index contributed by atoms with van der Waals surface area (Å²) in [6.07, 6.45) is -0.256. The van der Waals surface area contributed by atoms with Gasteiger partial charge in [0.15, 0.2) is 11.5 Å². The van der Waals surface area contributed by atoms with E-state index in [4.69, 9.17) is 21.1 Å². The molecule has 2 amide bonds. The van der Waals surface area contributed by atoms with E-state index in [9.17, 15) is 9.59 Å². The van der Waals surface area contributed by atoms with Crippen LogP contribution in [-0.2, 0) is 9.59 Å². The van der Waals surface area contributed by atoms with Crippen LogP contribution in [-0.4, -0.2) is 55.6 Å². The van der Waals surface area contributed by atoms with Crippen LogP contribution in [0, 0.1) is 6.92 Å². The summed E-state index contributed by atoms with van der Waals surface area (Å²) in [5.41, 5.74) is 1.59. The first kappa shape index (κ1) is 21.9. The standard InChI is InChI=1S/C22H26ClN3O4/c1-3-26(13-22(28)25-18-10-16(23)9-8-15(18)2)12-21(27)24-11-17-14-29-19-6-4-5-7-20(19)30-17/h4-10,17H,3,11-14H2,1-2H3,(H,24,27)(H,25,28). The minimum Gasteiger partial charge on any atom is -0.486 e. The van der Waals surface area contributed by atoms with Gasteiger partial charge >= 0.3 is 0 Å². The molecule has 30 heavy (non-hydrogen) atoms. The topological polar surface area (TPSA) is 79.9 Å². The summed E-state index contributed by atoms with van der Waals surface area (Å²) in [7, 11) is 0. The Morgan fingerprint density at radius 1 is 1.13 bits per heavy atom. The highest BCUT2D eigenvalue weighted by molar-refractivity contribution is 6.31. The van der Waals surface area contributed by atoms with E-state index in [-0.39, 0.29) is 31.0 Å². The third kappa shape index (κ3) is 6.11. The average molecular weight is 432 g/mol. The average Bonchev–Trinajstić information content (AvgIpc) is 2.74. The van der Waals surface area contributed by atoms with Crippen molar-refractivity contribution < 1.29 is 19.1 Å². The van der Waals surface area contributed by atoms with E-state index in [1.165, 1.54) is 0 Å². The van der Waals surface area contributed by atoms with Gasteiger partial charge in [-0.3, -0.25) is 14.5 Å². The Morgan fingerprint density at radius 2 is 1.87 bits per heavy atom. The molecule has 160 valence electrons. The molecule has 1 aliphatic rings. The number of likely N-dealkylation sites (N-methyl/N-ethyl adjacent to an activating group) is 1. The first-order valence-corrected chi connectivity index (χ1v) is 10.3. The summed E-state index contributed by atoms with van der Waals surface area (Å²) >= 11 is 6.00. The van der Waals surface area contributed by atoms with Crippen molar-refractivity contribution in [2.45, 2.75) is 20.0 Å². The molecule has 8 heteroatoms. The van der Waals surface area contributed by atoms with E-state index in [1.807, 2.05) is 44.2 Å². The van der Waals surface area contributed by atoms with Crippen molar-refractivity contribution in [3.63, 3.8) is 0 Å². The Bertz CT molecular complexity index is 906. The number of carbonyl (C=O) groups is 2. The molecule has 0 aliphatic carbocycles. The van der Waals surface area contributed by atoms with Crippen molar-refractivity contribution in [2.75, 3.05) is 38.1 Å². The lowest BCUT2D eigenvalue weighted by atomic mass is 10.2. The number of nitrogens with zero attached hydrogens (tertiary/aromatic N) is 1. The second kappa shape index (κ2) is 10.3. The highest BCUT2D eigenvalue weighted by Gasteiger charge is 2.21. The summed E-state index contributed by atoms with van der Waals surface area (Å²) in [6, 6.07) is 12.8. The number of hydrogen-bond donors (Lipinski definition) is 2. The third-order valence-corrected chi connectivity index (χ3v) is 4.98. The highest BCUT2D eigenvalue weighted by Crippen LogP contribution is 2.30. The van der Waals surface area contributed by atoms with Crippen molar-refractivity contribution in [3.8, 4) is 11.5 Å². The Hall–Kier alpha value is -2.77. The number of rotatable bonds is 8. The number of halogens is 1. The fraction of sp³-hybridized carbons (Fsp3) is 0.364. The van der Waals surface area contributed by atoms with Crippen LogP contribution in [0.25, 0.3) is 0 Å². The molecular weight excluding hydrogens is 406 g/mol. The molecule has 1 unspecified atom stereocenters. The first-order valence-electron chi connectivity index (χ1n) is 9.88. The summed E-state index contributed by atoms with van der Waals surface area (Å²) in [6.45, 7) is 5.28. The van der Waals surface area contributed by atoms with Crippen molar-refractivity contribution in [3.05, 3.63) is 53.1 Å². The first-order chi connectivity index (χ1) is 14.4. The van der Waals surface area contributed by atoms with Crippen molar-refractivity contribution in [1.29, 1.82) is 0 Å². The van der Waals surface area contributed by atoms with E-state index in [0.717, 1.165) is 5.56 Å². The van der Waals surface area contributed by atoms with Gasteiger partial charge < -0.3 is 20.1 Å². The quantitative estimate of drug-likeness (QED) is 0.671. The third-order valence-electron chi connectivity index (χ3n) is 4.75. The minimum atomic E-state index is -0.256. The lowest BCUT2D eigenvalue weighted by Crippen LogP contribution is -2.45. The van der Waals surface area contributed by atoms with E-state index in [0.29, 0.717) is 41.9 Å². The smallest absolute Gasteiger partial charge is 0.238 e. The molecule has 1 atom stereocenters. The van der Waals surface area contributed by atoms with E-state index < -0.39 is 0 Å². The van der Waals surface area contributed by atoms with E-state index in [1.54, 1.807) is 17.0 Å². The molecule has 0 fully saturated rings. The van der Waals surface area contributed by atoms with Crippen LogP contribution in [0.2, 0.25) is 5.02 Å². The Kier molecular flexibility index (Phi) is 7.54. The summed E-state index contributed by atoms with van der Waals surface area (Å²) in [4.78, 5) is 26.5. The molecule has 0 radical (unpaired) electrons. The van der Waals surface area contributed by atoms with Gasteiger partial charge in [-0.05, 0) is 43.3 Å². The lowest BCUT2D eigenvalue weighted by Gasteiger charge is -2.27. The van der Waals surface area contributed by atoms with Gasteiger partial charge in [-0.1, -0.05) is 36.7 Å². The monoisotopic (exact) mass is 431 g/mol. The van der Waals surface area contributed by atoms with Gasteiger partial charge in [-0.2, -0.15) is 0 Å². The van der Waals surface area contributed by atoms with Crippen molar-refractivity contribution in [1.82, 2.24) is 10.2 Å². The molecule has 2 N–H and O–H groups in total. The fourth-order valence-electron chi connectivity index (χ4n) is 3.05. The summed E-state index contributed by atoms with van der Waals surface area (Å²) < 4.78 is 11.5. The molecule has 7 nitrogen and oxygen atoms in total. The molecule has 2 aromatic rings. The number of amides is 2. The Labute approximate surface area is 181 Å². The largest absolute Gasteiger partial charge is 0.486 e. The zero-order valence-corrected chi connectivity index (χ0v) is 17.9. The number of aryl methyl sites for hydroxylation is 1. The summed E-state index contributed by atoms with van der Waals surface area (Å²) in [5, 5.41) is 6.26. The van der Waals surface area contributed by atoms with Crippen LogP contribution in [0.15, 0.2) is 42.5 Å². The zero-order chi connectivity index (χ0) is 21.5. The molecule has 3 rings (SSSR count). The maximum absolute atomic E-state index is 12.4. The summed E-state index contributed by atoms with van der Waals surface area (Å²) in [5.74, 6) is 1.01. The highest BCUT2D eigenvalue weighted by atomic mass is 35.5. The Morgan fingerprint density at radius 3 is 2.63 bits per heavy atom. The SMILES string of the molecule is CCN(CC(=O)NCC1COc2ccccc2O1)CC(=O)Nc1cc(Cl)ccc1C. The molecule has 1 heterocycles. The molecule has 0 aromatic heterocycles. The molecule has 0 bridgehead atoms. The fourth-order valence-corrected chi connectivity index (χ4v) is 3.22. The van der Waals surface area contributed by atoms with Gasteiger partial charge in [0, 0.05) is 10.7 Å². The number of hydrogen-bond acceptors (Lipinski definition) is 5. The normalized spacial score (nSPS) is 15.0. The van der Waals surface area contributed by atoms with Crippen LogP contribution in [0.1, 0.15) is 12.5 Å². The van der Waals surface area contributed by atoms with Gasteiger partial charge in [-0.15, -0.1) is 0 Å². The van der Waals surface area contributed by atoms with Crippen LogP contribution in [0.5, 0.6) is 11.5 Å². The number of para-hydroxylation sites is 2. The number of ether oxygens (including phenoxy) is 2. The predicted octanol–water partition coefficient (Wildman–Crippen LogP) is 2.87. The second-order valence-corrected chi connectivity index (χ2v) is 7.55. The molecule has 1 aliphatic heterocycles. The molecule has 0 spiro atoms. The lowest BCUT2D eigenvalue weighted by molar-refractivity contribution is -0.123. The van der Waals surface area contributed by atoms with Crippen molar-refractivity contribution >= 4 is 29.1 Å². The maximum Gasteiger partial charge on any atom is 0.238 e. The van der Waals surface area contributed by atoms with E-state index >= 15 is 0 Å². The minimum absolute atomic E-state index is 0.103. The van der Waals surface area contributed by atoms with Gasteiger partial charge in [-0.25, -0.2) is 0 Å². The van der Waals surface area contributed by atoms with Crippen LogP contribution < -0.4 is 20.1 Å². The van der Waals surface area contributed by atoms with Gasteiger partial charge in [0.1, 0.15) is 12.7 Å². The number of anilines is 1. The Balaban J connectivity index is 1.44. The number of benzene rings is 2. The zero-order valence-electron chi connectivity index (χ0n) is 17.1. The molecule has 0 saturated heterocycles.